The molecule has 0 amide bonds. The summed E-state index contributed by atoms with van der Waals surface area (Å²) in [7, 11) is 0. The molecule has 0 radical (unpaired) electrons. The molecule has 1 aromatic heterocycles. The molecular weight excluding hydrogens is 288 g/mol. The number of morpholine rings is 1. The van der Waals surface area contributed by atoms with Crippen molar-refractivity contribution in [2.45, 2.75) is 25.9 Å². The number of anilines is 3. The largest absolute Gasteiger partial charge is 0.396 e. The molecule has 3 N–H and O–H groups in total. The Hall–Kier alpha value is -2.27. The van der Waals surface area contributed by atoms with Crippen molar-refractivity contribution in [2.75, 3.05) is 35.7 Å². The molecule has 1 saturated heterocycles. The number of hydrogen-bond acceptors (Lipinski definition) is 5. The summed E-state index contributed by atoms with van der Waals surface area (Å²) in [5.74, 6) is 0.942. The van der Waals surface area contributed by atoms with E-state index in [0.29, 0.717) is 11.7 Å². The van der Waals surface area contributed by atoms with Gasteiger partial charge >= 0.3 is 0 Å². The van der Waals surface area contributed by atoms with E-state index in [-0.39, 0.29) is 6.04 Å². The van der Waals surface area contributed by atoms with Gasteiger partial charge in [0, 0.05) is 18.7 Å². The van der Waals surface area contributed by atoms with Gasteiger partial charge in [0.1, 0.15) is 5.82 Å². The summed E-state index contributed by atoms with van der Waals surface area (Å²) in [6, 6.07) is 12.9. The second kappa shape index (κ2) is 6.87. The van der Waals surface area contributed by atoms with Crippen LogP contribution in [0, 0.1) is 0 Å². The maximum absolute atomic E-state index is 6.11. The Bertz CT molecular complexity index is 647. The quantitative estimate of drug-likeness (QED) is 0.908. The molecule has 2 atom stereocenters. The SMILES string of the molecule is CC(Nc1cc(N2CCOCC2C)ncc1N)c1ccccc1. The number of nitrogens with zero attached hydrogens (tertiary/aromatic N) is 2. The van der Waals surface area contributed by atoms with Crippen LogP contribution in [0.15, 0.2) is 42.6 Å². The summed E-state index contributed by atoms with van der Waals surface area (Å²) in [6.45, 7) is 6.60. The molecule has 5 heteroatoms. The molecule has 2 aromatic rings. The van der Waals surface area contributed by atoms with E-state index in [1.165, 1.54) is 5.56 Å². The van der Waals surface area contributed by atoms with Gasteiger partial charge in [0.15, 0.2) is 0 Å². The second-order valence-electron chi connectivity index (χ2n) is 6.02. The lowest BCUT2D eigenvalue weighted by molar-refractivity contribution is 0.0985. The Morgan fingerprint density at radius 1 is 1.35 bits per heavy atom. The number of nitrogens with one attached hydrogen (secondary N) is 1. The van der Waals surface area contributed by atoms with Gasteiger partial charge in [0.2, 0.25) is 0 Å². The predicted octanol–water partition coefficient (Wildman–Crippen LogP) is 3.06. The minimum Gasteiger partial charge on any atom is -0.396 e. The van der Waals surface area contributed by atoms with Crippen molar-refractivity contribution < 1.29 is 4.74 Å². The summed E-state index contributed by atoms with van der Waals surface area (Å²) < 4.78 is 5.50. The Kier molecular flexibility index (Phi) is 4.67. The average Bonchev–Trinajstić information content (AvgIpc) is 2.58. The van der Waals surface area contributed by atoms with Gasteiger partial charge in [-0.2, -0.15) is 0 Å². The van der Waals surface area contributed by atoms with E-state index in [0.717, 1.165) is 31.3 Å². The molecule has 5 nitrogen and oxygen atoms in total. The van der Waals surface area contributed by atoms with Crippen LogP contribution in [0.2, 0.25) is 0 Å². The molecule has 0 bridgehead atoms. The Morgan fingerprint density at radius 2 is 2.13 bits per heavy atom. The highest BCUT2D eigenvalue weighted by Gasteiger charge is 2.21. The predicted molar refractivity (Wildman–Crippen MR) is 94.8 cm³/mol. The van der Waals surface area contributed by atoms with Gasteiger partial charge in [-0.15, -0.1) is 0 Å². The minimum atomic E-state index is 0.177. The third kappa shape index (κ3) is 3.56. The fraction of sp³-hybridized carbons (Fsp3) is 0.389. The van der Waals surface area contributed by atoms with Gasteiger partial charge in [-0.1, -0.05) is 30.3 Å². The van der Waals surface area contributed by atoms with Crippen molar-refractivity contribution in [3.05, 3.63) is 48.2 Å². The van der Waals surface area contributed by atoms with E-state index >= 15 is 0 Å². The first-order chi connectivity index (χ1) is 11.1. The van der Waals surface area contributed by atoms with Crippen LogP contribution >= 0.6 is 0 Å². The lowest BCUT2D eigenvalue weighted by atomic mass is 10.1. The molecular formula is C18H24N4O. The number of rotatable bonds is 4. The molecule has 122 valence electrons. The number of benzene rings is 1. The van der Waals surface area contributed by atoms with Crippen LogP contribution in [0.4, 0.5) is 17.2 Å². The highest BCUT2D eigenvalue weighted by molar-refractivity contribution is 5.70. The van der Waals surface area contributed by atoms with Crippen molar-refractivity contribution in [3.8, 4) is 0 Å². The molecule has 1 aromatic carbocycles. The summed E-state index contributed by atoms with van der Waals surface area (Å²) in [4.78, 5) is 6.76. The van der Waals surface area contributed by atoms with Gasteiger partial charge in [0.25, 0.3) is 0 Å². The normalized spacial score (nSPS) is 19.4. The Labute approximate surface area is 137 Å². The fourth-order valence-corrected chi connectivity index (χ4v) is 2.86. The van der Waals surface area contributed by atoms with Crippen LogP contribution in [-0.4, -0.2) is 30.8 Å². The van der Waals surface area contributed by atoms with Crippen molar-refractivity contribution in [2.24, 2.45) is 0 Å². The highest BCUT2D eigenvalue weighted by Crippen LogP contribution is 2.28. The topological polar surface area (TPSA) is 63.4 Å². The molecule has 1 aliphatic heterocycles. The van der Waals surface area contributed by atoms with E-state index in [2.05, 4.69) is 41.2 Å². The zero-order valence-corrected chi connectivity index (χ0v) is 13.7. The summed E-state index contributed by atoms with van der Waals surface area (Å²) in [5, 5.41) is 3.50. The molecule has 1 fully saturated rings. The van der Waals surface area contributed by atoms with Gasteiger partial charge < -0.3 is 20.7 Å². The maximum atomic E-state index is 6.11. The third-order valence-electron chi connectivity index (χ3n) is 4.25. The number of ether oxygens (including phenoxy) is 1. The smallest absolute Gasteiger partial charge is 0.131 e. The summed E-state index contributed by atoms with van der Waals surface area (Å²) in [6.07, 6.45) is 1.73. The van der Waals surface area contributed by atoms with E-state index in [4.69, 9.17) is 10.5 Å². The first-order valence-corrected chi connectivity index (χ1v) is 8.06. The van der Waals surface area contributed by atoms with Gasteiger partial charge in [0.05, 0.1) is 36.8 Å². The van der Waals surface area contributed by atoms with E-state index in [1.807, 2.05) is 24.3 Å². The molecule has 2 heterocycles. The van der Waals surface area contributed by atoms with E-state index in [9.17, 15) is 0 Å². The number of pyridine rings is 1. The van der Waals surface area contributed by atoms with E-state index in [1.54, 1.807) is 6.20 Å². The van der Waals surface area contributed by atoms with Crippen molar-refractivity contribution in [3.63, 3.8) is 0 Å². The highest BCUT2D eigenvalue weighted by atomic mass is 16.5. The monoisotopic (exact) mass is 312 g/mol. The lowest BCUT2D eigenvalue weighted by Gasteiger charge is -2.34. The zero-order chi connectivity index (χ0) is 16.2. The number of nitrogens with two attached hydrogens (primary N) is 1. The Morgan fingerprint density at radius 3 is 2.87 bits per heavy atom. The maximum Gasteiger partial charge on any atom is 0.131 e. The van der Waals surface area contributed by atoms with Crippen LogP contribution in [0.25, 0.3) is 0 Å². The van der Waals surface area contributed by atoms with Gasteiger partial charge in [-0.05, 0) is 19.4 Å². The molecule has 0 aliphatic carbocycles. The average molecular weight is 312 g/mol. The first kappa shape index (κ1) is 15.6. The minimum absolute atomic E-state index is 0.177. The lowest BCUT2D eigenvalue weighted by Crippen LogP contribution is -2.44. The number of aromatic nitrogens is 1. The Balaban J connectivity index is 1.80. The standard InChI is InChI=1S/C18H24N4O/c1-13-12-23-9-8-22(13)18-10-17(16(19)11-20-18)21-14(2)15-6-4-3-5-7-15/h3-7,10-11,13-14H,8-9,12,19H2,1-2H3,(H,20,21). The third-order valence-corrected chi connectivity index (χ3v) is 4.25. The fourth-order valence-electron chi connectivity index (χ4n) is 2.86. The van der Waals surface area contributed by atoms with Crippen molar-refractivity contribution >= 4 is 17.2 Å². The molecule has 1 aliphatic rings. The molecule has 0 spiro atoms. The summed E-state index contributed by atoms with van der Waals surface area (Å²) >= 11 is 0. The van der Waals surface area contributed by atoms with E-state index < -0.39 is 0 Å². The van der Waals surface area contributed by atoms with Crippen LogP contribution in [0.5, 0.6) is 0 Å². The number of hydrogen-bond donors (Lipinski definition) is 2. The summed E-state index contributed by atoms with van der Waals surface area (Å²) in [5.41, 5.74) is 8.92. The molecule has 23 heavy (non-hydrogen) atoms. The van der Waals surface area contributed by atoms with Crippen molar-refractivity contribution in [1.82, 2.24) is 4.98 Å². The number of nitrogen functional groups attached to an aromatic ring is 1. The first-order valence-electron chi connectivity index (χ1n) is 8.06. The van der Waals surface area contributed by atoms with Crippen molar-refractivity contribution in [1.29, 1.82) is 0 Å². The van der Waals surface area contributed by atoms with Gasteiger partial charge in [-0.3, -0.25) is 0 Å². The van der Waals surface area contributed by atoms with Crippen LogP contribution in [0.1, 0.15) is 25.5 Å². The molecule has 0 saturated carbocycles. The zero-order valence-electron chi connectivity index (χ0n) is 13.7. The molecule has 3 rings (SSSR count). The van der Waals surface area contributed by atoms with Crippen LogP contribution < -0.4 is 16.0 Å². The van der Waals surface area contributed by atoms with Gasteiger partial charge in [-0.25, -0.2) is 4.98 Å². The van der Waals surface area contributed by atoms with Crippen LogP contribution in [-0.2, 0) is 4.74 Å². The van der Waals surface area contributed by atoms with Crippen LogP contribution in [0.3, 0.4) is 0 Å². The second-order valence-corrected chi connectivity index (χ2v) is 6.02. The molecule has 2 unspecified atom stereocenters.